The van der Waals surface area contributed by atoms with Gasteiger partial charge in [0.15, 0.2) is 11.5 Å². The molecule has 8 nitrogen and oxygen atoms in total. The molecule has 2 rings (SSSR count). The molecule has 0 aliphatic carbocycles. The largest absolute Gasteiger partial charge is 0.493 e. The van der Waals surface area contributed by atoms with Gasteiger partial charge in [-0.15, -0.1) is 0 Å². The van der Waals surface area contributed by atoms with Crippen molar-refractivity contribution in [2.45, 2.75) is 0 Å². The van der Waals surface area contributed by atoms with E-state index < -0.39 is 5.56 Å². The summed E-state index contributed by atoms with van der Waals surface area (Å²) < 4.78 is 16.5. The van der Waals surface area contributed by atoms with Crippen LogP contribution in [0.15, 0.2) is 23.0 Å². The van der Waals surface area contributed by atoms with Gasteiger partial charge in [0.25, 0.3) is 5.56 Å². The summed E-state index contributed by atoms with van der Waals surface area (Å²) in [7, 11) is 4.51. The molecule has 1 heterocycles. The smallest absolute Gasteiger partial charge is 0.273 e. The Balaban J connectivity index is 2.67. The highest BCUT2D eigenvalue weighted by molar-refractivity contribution is 5.69. The summed E-state index contributed by atoms with van der Waals surface area (Å²) in [5.41, 5.74) is 6.08. The number of rotatable bonds is 4. The molecule has 0 amide bonds. The lowest BCUT2D eigenvalue weighted by atomic mass is 10.1. The second kappa shape index (κ2) is 5.61. The molecule has 0 spiro atoms. The Morgan fingerprint density at radius 1 is 1.05 bits per heavy atom. The number of nitrogens with two attached hydrogens (primary N) is 2. The number of benzene rings is 1. The minimum absolute atomic E-state index is 0.0914. The number of methoxy groups -OCH3 is 3. The Bertz CT molecular complexity index is 702. The summed E-state index contributed by atoms with van der Waals surface area (Å²) in [5.74, 6) is 6.69. The molecular weight excluding hydrogens is 276 g/mol. The van der Waals surface area contributed by atoms with Crippen LogP contribution in [0.5, 0.6) is 17.2 Å². The molecule has 0 bridgehead atoms. The van der Waals surface area contributed by atoms with E-state index in [0.29, 0.717) is 28.5 Å². The summed E-state index contributed by atoms with van der Waals surface area (Å²) in [5, 5.41) is 0. The van der Waals surface area contributed by atoms with Crippen molar-refractivity contribution in [2.75, 3.05) is 32.9 Å². The van der Waals surface area contributed by atoms with Crippen molar-refractivity contribution in [1.82, 2.24) is 9.66 Å². The first-order valence-corrected chi connectivity index (χ1v) is 5.96. The molecule has 1 aromatic heterocycles. The fraction of sp³-hybridized carbons (Fsp3) is 0.231. The number of hydrogen-bond donors (Lipinski definition) is 2. The van der Waals surface area contributed by atoms with Gasteiger partial charge in [0.1, 0.15) is 0 Å². The van der Waals surface area contributed by atoms with E-state index in [2.05, 4.69) is 4.98 Å². The van der Waals surface area contributed by atoms with Crippen molar-refractivity contribution in [3.05, 3.63) is 28.6 Å². The third-order valence-electron chi connectivity index (χ3n) is 2.94. The minimum atomic E-state index is -0.466. The highest BCUT2D eigenvalue weighted by atomic mass is 16.5. The van der Waals surface area contributed by atoms with Crippen LogP contribution in [0.1, 0.15) is 0 Å². The van der Waals surface area contributed by atoms with E-state index in [1.807, 2.05) is 0 Å². The molecule has 112 valence electrons. The van der Waals surface area contributed by atoms with Gasteiger partial charge in [0.05, 0.1) is 27.0 Å². The Morgan fingerprint density at radius 3 is 2.05 bits per heavy atom. The molecule has 2 aromatic rings. The van der Waals surface area contributed by atoms with E-state index in [0.717, 1.165) is 4.68 Å². The lowest BCUT2D eigenvalue weighted by molar-refractivity contribution is 0.324. The van der Waals surface area contributed by atoms with Gasteiger partial charge in [-0.05, 0) is 12.1 Å². The number of nitrogen functional groups attached to an aromatic ring is 2. The first-order valence-electron chi connectivity index (χ1n) is 5.96. The van der Waals surface area contributed by atoms with E-state index in [4.69, 9.17) is 25.8 Å². The highest BCUT2D eigenvalue weighted by Gasteiger charge is 2.15. The first-order chi connectivity index (χ1) is 10.0. The van der Waals surface area contributed by atoms with Crippen molar-refractivity contribution < 1.29 is 14.2 Å². The number of ether oxygens (including phenoxy) is 3. The molecule has 0 saturated carbocycles. The Kier molecular flexibility index (Phi) is 3.88. The van der Waals surface area contributed by atoms with Crippen molar-refractivity contribution in [3.63, 3.8) is 0 Å². The van der Waals surface area contributed by atoms with E-state index in [9.17, 15) is 4.79 Å². The van der Waals surface area contributed by atoms with Gasteiger partial charge in [0, 0.05) is 11.6 Å². The lowest BCUT2D eigenvalue weighted by Gasteiger charge is -2.14. The second-order valence-corrected chi connectivity index (χ2v) is 4.12. The molecule has 0 fully saturated rings. The average Bonchev–Trinajstić information content (AvgIpc) is 2.50. The van der Waals surface area contributed by atoms with Crippen molar-refractivity contribution in [1.29, 1.82) is 0 Å². The quantitative estimate of drug-likeness (QED) is 0.775. The molecule has 0 atom stereocenters. The minimum Gasteiger partial charge on any atom is -0.493 e. The van der Waals surface area contributed by atoms with Crippen LogP contribution in [0, 0.1) is 0 Å². The predicted molar refractivity (Wildman–Crippen MR) is 78.2 cm³/mol. The fourth-order valence-corrected chi connectivity index (χ4v) is 1.89. The fourth-order valence-electron chi connectivity index (χ4n) is 1.89. The summed E-state index contributed by atoms with van der Waals surface area (Å²) in [6.07, 6.45) is 0. The molecular formula is C13H16N4O4. The van der Waals surface area contributed by atoms with Gasteiger partial charge in [-0.3, -0.25) is 4.79 Å². The summed E-state index contributed by atoms with van der Waals surface area (Å²) in [6.45, 7) is 0. The Labute approximate surface area is 120 Å². The van der Waals surface area contributed by atoms with Gasteiger partial charge in [0.2, 0.25) is 11.7 Å². The van der Waals surface area contributed by atoms with Crippen LogP contribution in [0.25, 0.3) is 11.3 Å². The van der Waals surface area contributed by atoms with Crippen molar-refractivity contribution in [2.24, 2.45) is 0 Å². The molecule has 21 heavy (non-hydrogen) atoms. The van der Waals surface area contributed by atoms with Crippen LogP contribution in [-0.4, -0.2) is 31.0 Å². The van der Waals surface area contributed by atoms with Gasteiger partial charge in [-0.25, -0.2) is 4.98 Å². The lowest BCUT2D eigenvalue weighted by Crippen LogP contribution is -2.30. The number of anilines is 1. The molecule has 0 aliphatic heterocycles. The van der Waals surface area contributed by atoms with E-state index in [1.165, 1.54) is 27.4 Å². The number of nitrogens with zero attached hydrogens (tertiary/aromatic N) is 2. The molecule has 8 heteroatoms. The number of aromatic nitrogens is 2. The maximum absolute atomic E-state index is 11.7. The second-order valence-electron chi connectivity index (χ2n) is 4.12. The summed E-state index contributed by atoms with van der Waals surface area (Å²) in [4.78, 5) is 15.8. The molecule has 0 unspecified atom stereocenters. The average molecular weight is 292 g/mol. The van der Waals surface area contributed by atoms with Gasteiger partial charge in [-0.2, -0.15) is 4.68 Å². The highest BCUT2D eigenvalue weighted by Crippen LogP contribution is 2.40. The van der Waals surface area contributed by atoms with Crippen LogP contribution < -0.4 is 31.3 Å². The predicted octanol–water partition coefficient (Wildman–Crippen LogP) is 0.232. The van der Waals surface area contributed by atoms with Crippen molar-refractivity contribution in [3.8, 4) is 28.5 Å². The maximum atomic E-state index is 11.7. The normalized spacial score (nSPS) is 10.2. The van der Waals surface area contributed by atoms with Gasteiger partial charge >= 0.3 is 0 Å². The molecule has 0 saturated heterocycles. The number of hydrogen-bond acceptors (Lipinski definition) is 7. The summed E-state index contributed by atoms with van der Waals surface area (Å²) in [6, 6.07) is 4.61. The SMILES string of the molecule is COc1cc(-c2cc(=O)n(N)c(N)n2)cc(OC)c1OC. The van der Waals surface area contributed by atoms with Gasteiger partial charge in [-0.1, -0.05) is 0 Å². The van der Waals surface area contributed by atoms with Crippen LogP contribution in [0.3, 0.4) is 0 Å². The Morgan fingerprint density at radius 2 is 1.62 bits per heavy atom. The molecule has 4 N–H and O–H groups in total. The first kappa shape index (κ1) is 14.5. The summed E-state index contributed by atoms with van der Waals surface area (Å²) >= 11 is 0. The van der Waals surface area contributed by atoms with Gasteiger partial charge < -0.3 is 25.8 Å². The third-order valence-corrected chi connectivity index (χ3v) is 2.94. The zero-order chi connectivity index (χ0) is 15.6. The van der Waals surface area contributed by atoms with E-state index >= 15 is 0 Å². The van der Waals surface area contributed by atoms with Crippen LogP contribution in [0.2, 0.25) is 0 Å². The third kappa shape index (κ3) is 2.55. The molecule has 0 aliphatic rings. The monoisotopic (exact) mass is 292 g/mol. The Hall–Kier alpha value is -2.90. The molecule has 0 radical (unpaired) electrons. The van der Waals surface area contributed by atoms with Crippen LogP contribution in [0.4, 0.5) is 5.95 Å². The van der Waals surface area contributed by atoms with E-state index in [-0.39, 0.29) is 5.95 Å². The van der Waals surface area contributed by atoms with E-state index in [1.54, 1.807) is 12.1 Å². The standard InChI is InChI=1S/C13H16N4O4/c1-19-9-4-7(5-10(20-2)12(9)21-3)8-6-11(18)17(15)13(14)16-8/h4-6H,15H2,1-3H3,(H2,14,16). The van der Waals surface area contributed by atoms with Crippen molar-refractivity contribution >= 4 is 5.95 Å². The zero-order valence-electron chi connectivity index (χ0n) is 11.9. The molecule has 1 aromatic carbocycles. The van der Waals surface area contributed by atoms with Crippen LogP contribution >= 0.6 is 0 Å². The zero-order valence-corrected chi connectivity index (χ0v) is 11.9. The topological polar surface area (TPSA) is 115 Å². The maximum Gasteiger partial charge on any atom is 0.273 e. The van der Waals surface area contributed by atoms with Crippen LogP contribution in [-0.2, 0) is 0 Å².